The molecular formula is C15H29N3O2. The van der Waals surface area contributed by atoms with Gasteiger partial charge in [-0.3, -0.25) is 4.90 Å². The molecule has 1 saturated carbocycles. The molecule has 0 amide bonds. The number of nitrogens with zero attached hydrogens (tertiary/aromatic N) is 2. The molecule has 0 radical (unpaired) electrons. The first-order valence-electron chi connectivity index (χ1n) is 8.03. The van der Waals surface area contributed by atoms with E-state index in [1.807, 2.05) is 0 Å². The second-order valence-electron chi connectivity index (χ2n) is 6.66. The highest BCUT2D eigenvalue weighted by Crippen LogP contribution is 2.38. The zero-order valence-electron chi connectivity index (χ0n) is 13.1. The van der Waals surface area contributed by atoms with Gasteiger partial charge in [-0.1, -0.05) is 0 Å². The summed E-state index contributed by atoms with van der Waals surface area (Å²) in [5.41, 5.74) is 0. The Labute approximate surface area is 122 Å². The highest BCUT2D eigenvalue weighted by Gasteiger charge is 2.47. The smallest absolute Gasteiger partial charge is 0.170 e. The van der Waals surface area contributed by atoms with Crippen LogP contribution in [0.1, 0.15) is 26.2 Å². The molecule has 3 unspecified atom stereocenters. The van der Waals surface area contributed by atoms with E-state index in [-0.39, 0.29) is 5.79 Å². The van der Waals surface area contributed by atoms with E-state index in [1.54, 1.807) is 0 Å². The van der Waals surface area contributed by atoms with E-state index in [1.165, 1.54) is 0 Å². The molecule has 2 aliphatic heterocycles. The zero-order valence-corrected chi connectivity index (χ0v) is 13.1. The summed E-state index contributed by atoms with van der Waals surface area (Å²) in [4.78, 5) is 5.10. The second-order valence-corrected chi connectivity index (χ2v) is 6.66. The normalized spacial score (nSPS) is 39.5. The first-order valence-corrected chi connectivity index (χ1v) is 8.03. The van der Waals surface area contributed by atoms with Crippen LogP contribution in [-0.2, 0) is 9.47 Å². The fourth-order valence-electron chi connectivity index (χ4n) is 4.22. The Kier molecular flexibility index (Phi) is 4.34. The van der Waals surface area contributed by atoms with Crippen LogP contribution < -0.4 is 5.32 Å². The number of ether oxygens (including phenoxy) is 2. The lowest BCUT2D eigenvalue weighted by molar-refractivity contribution is -0.196. The number of piperazine rings is 1. The summed E-state index contributed by atoms with van der Waals surface area (Å²) in [5.74, 6) is -0.291. The van der Waals surface area contributed by atoms with Crippen LogP contribution in [0.5, 0.6) is 0 Å². The minimum Gasteiger partial charge on any atom is -0.347 e. The number of likely N-dealkylation sites (N-methyl/N-ethyl adjacent to an activating group) is 2. The van der Waals surface area contributed by atoms with Gasteiger partial charge >= 0.3 is 0 Å². The molecule has 116 valence electrons. The Bertz CT molecular complexity index is 333. The monoisotopic (exact) mass is 283 g/mol. The maximum Gasteiger partial charge on any atom is 0.170 e. The summed E-state index contributed by atoms with van der Waals surface area (Å²) in [6, 6.07) is 1.68. The van der Waals surface area contributed by atoms with Crippen molar-refractivity contribution in [2.24, 2.45) is 0 Å². The van der Waals surface area contributed by atoms with Crippen LogP contribution in [-0.4, -0.2) is 80.7 Å². The topological polar surface area (TPSA) is 37.0 Å². The average molecular weight is 283 g/mol. The van der Waals surface area contributed by atoms with Crippen LogP contribution in [0, 0.1) is 0 Å². The summed E-state index contributed by atoms with van der Waals surface area (Å²) < 4.78 is 11.9. The summed E-state index contributed by atoms with van der Waals surface area (Å²) in [6.07, 6.45) is 3.17. The van der Waals surface area contributed by atoms with E-state index in [4.69, 9.17) is 9.47 Å². The summed E-state index contributed by atoms with van der Waals surface area (Å²) in [6.45, 7) is 7.33. The van der Waals surface area contributed by atoms with Crippen LogP contribution in [0.15, 0.2) is 0 Å². The minimum absolute atomic E-state index is 0.291. The van der Waals surface area contributed by atoms with Crippen molar-refractivity contribution in [1.82, 2.24) is 15.1 Å². The molecular weight excluding hydrogens is 254 g/mol. The lowest BCUT2D eigenvalue weighted by Gasteiger charge is -2.50. The third-order valence-corrected chi connectivity index (χ3v) is 5.31. The Morgan fingerprint density at radius 2 is 1.95 bits per heavy atom. The van der Waals surface area contributed by atoms with Crippen LogP contribution >= 0.6 is 0 Å². The van der Waals surface area contributed by atoms with E-state index in [0.29, 0.717) is 18.1 Å². The van der Waals surface area contributed by atoms with Crippen LogP contribution in [0.4, 0.5) is 0 Å². The Morgan fingerprint density at radius 3 is 2.60 bits per heavy atom. The fourth-order valence-corrected chi connectivity index (χ4v) is 4.22. The molecule has 0 bridgehead atoms. The molecule has 1 aliphatic carbocycles. The van der Waals surface area contributed by atoms with E-state index < -0.39 is 0 Å². The van der Waals surface area contributed by atoms with E-state index in [2.05, 4.69) is 36.1 Å². The van der Waals surface area contributed by atoms with Gasteiger partial charge < -0.3 is 19.7 Å². The maximum absolute atomic E-state index is 5.96. The molecule has 2 saturated heterocycles. The molecule has 3 rings (SSSR count). The quantitative estimate of drug-likeness (QED) is 0.799. The van der Waals surface area contributed by atoms with Gasteiger partial charge in [0.15, 0.2) is 5.79 Å². The molecule has 0 aromatic carbocycles. The number of rotatable bonds is 2. The van der Waals surface area contributed by atoms with Gasteiger partial charge in [-0.15, -0.1) is 0 Å². The number of hydrogen-bond donors (Lipinski definition) is 1. The van der Waals surface area contributed by atoms with Gasteiger partial charge in [0.25, 0.3) is 0 Å². The number of hydrogen-bond acceptors (Lipinski definition) is 5. The molecule has 3 fully saturated rings. The lowest BCUT2D eigenvalue weighted by Crippen LogP contribution is -2.63. The maximum atomic E-state index is 5.96. The van der Waals surface area contributed by atoms with Crippen molar-refractivity contribution in [3.63, 3.8) is 0 Å². The third-order valence-electron chi connectivity index (χ3n) is 5.31. The molecule has 0 aromatic rings. The van der Waals surface area contributed by atoms with Crippen molar-refractivity contribution >= 4 is 0 Å². The van der Waals surface area contributed by atoms with Crippen molar-refractivity contribution in [2.75, 3.05) is 46.9 Å². The van der Waals surface area contributed by atoms with Crippen molar-refractivity contribution < 1.29 is 9.47 Å². The molecule has 3 aliphatic rings. The second kappa shape index (κ2) is 5.89. The molecule has 20 heavy (non-hydrogen) atoms. The average Bonchev–Trinajstić information content (AvgIpc) is 2.87. The van der Waals surface area contributed by atoms with E-state index in [0.717, 1.165) is 52.1 Å². The Morgan fingerprint density at radius 1 is 1.20 bits per heavy atom. The first kappa shape index (κ1) is 14.7. The highest BCUT2D eigenvalue weighted by molar-refractivity contribution is 4.98. The molecule has 5 nitrogen and oxygen atoms in total. The molecule has 2 heterocycles. The van der Waals surface area contributed by atoms with Crippen LogP contribution in [0.3, 0.4) is 0 Å². The molecule has 3 atom stereocenters. The SMILES string of the molecule is CNC1CCC2(CC1N1CCN(C)CC1C)OCCO2. The predicted molar refractivity (Wildman–Crippen MR) is 78.8 cm³/mol. The molecule has 1 N–H and O–H groups in total. The van der Waals surface area contributed by atoms with Crippen LogP contribution in [0.25, 0.3) is 0 Å². The van der Waals surface area contributed by atoms with Gasteiger partial charge in [-0.05, 0) is 27.4 Å². The lowest BCUT2D eigenvalue weighted by atomic mass is 9.83. The fraction of sp³-hybridized carbons (Fsp3) is 1.00. The zero-order chi connectivity index (χ0) is 14.2. The van der Waals surface area contributed by atoms with Gasteiger partial charge in [0.05, 0.1) is 13.2 Å². The van der Waals surface area contributed by atoms with Crippen molar-refractivity contribution in [3.8, 4) is 0 Å². The van der Waals surface area contributed by atoms with E-state index in [9.17, 15) is 0 Å². The Hall–Kier alpha value is -0.200. The van der Waals surface area contributed by atoms with E-state index >= 15 is 0 Å². The van der Waals surface area contributed by atoms with Gasteiger partial charge in [0.1, 0.15) is 0 Å². The van der Waals surface area contributed by atoms with Gasteiger partial charge in [0.2, 0.25) is 0 Å². The minimum atomic E-state index is -0.291. The third kappa shape index (κ3) is 2.74. The van der Waals surface area contributed by atoms with Crippen molar-refractivity contribution in [1.29, 1.82) is 0 Å². The summed E-state index contributed by atoms with van der Waals surface area (Å²) >= 11 is 0. The predicted octanol–water partition coefficient (Wildman–Crippen LogP) is 0.506. The molecule has 5 heteroatoms. The molecule has 0 aromatic heterocycles. The Balaban J connectivity index is 1.73. The summed E-state index contributed by atoms with van der Waals surface area (Å²) in [5, 5.41) is 3.52. The van der Waals surface area contributed by atoms with Gasteiger partial charge in [-0.25, -0.2) is 0 Å². The van der Waals surface area contributed by atoms with Gasteiger partial charge in [-0.2, -0.15) is 0 Å². The first-order chi connectivity index (χ1) is 9.63. The highest BCUT2D eigenvalue weighted by atomic mass is 16.7. The van der Waals surface area contributed by atoms with Crippen molar-refractivity contribution in [3.05, 3.63) is 0 Å². The molecule has 1 spiro atoms. The van der Waals surface area contributed by atoms with Crippen LogP contribution in [0.2, 0.25) is 0 Å². The largest absolute Gasteiger partial charge is 0.347 e. The standard InChI is InChI=1S/C15H29N3O2/c1-12-11-17(3)6-7-18(12)14-10-15(19-8-9-20-15)5-4-13(14)16-2/h12-14,16H,4-11H2,1-3H3. The number of nitrogens with one attached hydrogen (secondary N) is 1. The van der Waals surface area contributed by atoms with Crippen molar-refractivity contribution in [2.45, 2.75) is 50.1 Å². The van der Waals surface area contributed by atoms with Gasteiger partial charge in [0, 0.05) is 50.6 Å². The summed E-state index contributed by atoms with van der Waals surface area (Å²) in [7, 11) is 4.31.